The van der Waals surface area contributed by atoms with Gasteiger partial charge in [0.2, 0.25) is 0 Å². The van der Waals surface area contributed by atoms with E-state index in [0.717, 1.165) is 6.07 Å². The Kier molecular flexibility index (Phi) is 4.63. The number of benzene rings is 2. The van der Waals surface area contributed by atoms with Crippen LogP contribution < -0.4 is 0 Å². The van der Waals surface area contributed by atoms with E-state index < -0.39 is 30.2 Å². The van der Waals surface area contributed by atoms with Gasteiger partial charge in [-0.2, -0.15) is 13.2 Å². The molecule has 2 aromatic carbocycles. The van der Waals surface area contributed by atoms with Crippen molar-refractivity contribution in [1.29, 1.82) is 0 Å². The van der Waals surface area contributed by atoms with Crippen molar-refractivity contribution in [2.45, 2.75) is 12.3 Å². The summed E-state index contributed by atoms with van der Waals surface area (Å²) in [5.74, 6) is -0.503. The Morgan fingerprint density at radius 2 is 1.64 bits per heavy atom. The number of halogens is 3. The highest BCUT2D eigenvalue weighted by Crippen LogP contribution is 2.36. The SMILES string of the molecule is O=C(CO)c1ccc(C(O)c2ccccc2C(F)(F)F)cc1. The van der Waals surface area contributed by atoms with Crippen molar-refractivity contribution in [1.82, 2.24) is 0 Å². The number of hydrogen-bond acceptors (Lipinski definition) is 3. The summed E-state index contributed by atoms with van der Waals surface area (Å²) in [5, 5.41) is 18.9. The minimum Gasteiger partial charge on any atom is -0.388 e. The van der Waals surface area contributed by atoms with Gasteiger partial charge in [-0.05, 0) is 17.2 Å². The van der Waals surface area contributed by atoms with Gasteiger partial charge in [0.1, 0.15) is 12.7 Å². The van der Waals surface area contributed by atoms with Crippen molar-refractivity contribution in [3.05, 3.63) is 70.8 Å². The van der Waals surface area contributed by atoms with Gasteiger partial charge in [0.05, 0.1) is 5.56 Å². The Balaban J connectivity index is 2.37. The average Bonchev–Trinajstić information content (AvgIpc) is 2.52. The molecule has 0 amide bonds. The Morgan fingerprint density at radius 3 is 2.18 bits per heavy atom. The second-order valence-electron chi connectivity index (χ2n) is 4.69. The van der Waals surface area contributed by atoms with Gasteiger partial charge in [-0.3, -0.25) is 4.79 Å². The normalized spacial score (nSPS) is 13.0. The molecule has 2 N–H and O–H groups in total. The Morgan fingerprint density at radius 1 is 1.05 bits per heavy atom. The fourth-order valence-electron chi connectivity index (χ4n) is 2.12. The second kappa shape index (κ2) is 6.29. The van der Waals surface area contributed by atoms with Crippen LogP contribution in [0.4, 0.5) is 13.2 Å². The van der Waals surface area contributed by atoms with Crippen LogP contribution in [0.2, 0.25) is 0 Å². The van der Waals surface area contributed by atoms with Gasteiger partial charge in [-0.15, -0.1) is 0 Å². The molecule has 116 valence electrons. The topological polar surface area (TPSA) is 57.5 Å². The maximum Gasteiger partial charge on any atom is 0.416 e. The third kappa shape index (κ3) is 3.35. The van der Waals surface area contributed by atoms with Crippen molar-refractivity contribution < 1.29 is 28.2 Å². The van der Waals surface area contributed by atoms with Gasteiger partial charge in [0.25, 0.3) is 0 Å². The summed E-state index contributed by atoms with van der Waals surface area (Å²) in [7, 11) is 0. The quantitative estimate of drug-likeness (QED) is 0.854. The number of hydrogen-bond donors (Lipinski definition) is 2. The van der Waals surface area contributed by atoms with Crippen molar-refractivity contribution in [3.8, 4) is 0 Å². The molecule has 0 radical (unpaired) electrons. The molecular weight excluding hydrogens is 297 g/mol. The molecule has 0 aliphatic rings. The van der Waals surface area contributed by atoms with E-state index in [1.165, 1.54) is 42.5 Å². The van der Waals surface area contributed by atoms with Crippen molar-refractivity contribution in [2.75, 3.05) is 6.61 Å². The van der Waals surface area contributed by atoms with Crippen LogP contribution in [0.15, 0.2) is 48.5 Å². The van der Waals surface area contributed by atoms with E-state index in [9.17, 15) is 23.1 Å². The Bertz CT molecular complexity index is 663. The number of carbonyl (C=O) groups is 1. The molecule has 0 heterocycles. The first kappa shape index (κ1) is 16.2. The van der Waals surface area contributed by atoms with Gasteiger partial charge in [0.15, 0.2) is 5.78 Å². The van der Waals surface area contributed by atoms with Gasteiger partial charge in [-0.1, -0.05) is 42.5 Å². The molecule has 6 heteroatoms. The van der Waals surface area contributed by atoms with Crippen LogP contribution in [0, 0.1) is 0 Å². The smallest absolute Gasteiger partial charge is 0.388 e. The van der Waals surface area contributed by atoms with Gasteiger partial charge < -0.3 is 10.2 Å². The lowest BCUT2D eigenvalue weighted by atomic mass is 9.95. The van der Waals surface area contributed by atoms with Crippen molar-refractivity contribution >= 4 is 5.78 Å². The van der Waals surface area contributed by atoms with Gasteiger partial charge >= 0.3 is 6.18 Å². The van der Waals surface area contributed by atoms with Crippen molar-refractivity contribution in [2.24, 2.45) is 0 Å². The zero-order chi connectivity index (χ0) is 16.3. The maximum atomic E-state index is 13.0. The van der Waals surface area contributed by atoms with Crippen LogP contribution in [-0.2, 0) is 6.18 Å². The fourth-order valence-corrected chi connectivity index (χ4v) is 2.12. The highest BCUT2D eigenvalue weighted by molar-refractivity contribution is 5.96. The van der Waals surface area contributed by atoms with Crippen molar-refractivity contribution in [3.63, 3.8) is 0 Å². The molecule has 3 nitrogen and oxygen atoms in total. The van der Waals surface area contributed by atoms with E-state index in [1.54, 1.807) is 0 Å². The standard InChI is InChI=1S/C16H13F3O3/c17-16(18,19)13-4-2-1-3-12(13)15(22)11-7-5-10(6-8-11)14(21)9-20/h1-8,15,20,22H,9H2. The maximum absolute atomic E-state index is 13.0. The van der Waals surface area contributed by atoms with Crippen LogP contribution in [0.25, 0.3) is 0 Å². The molecule has 0 saturated heterocycles. The molecule has 0 aliphatic carbocycles. The van der Waals surface area contributed by atoms with Crippen LogP contribution >= 0.6 is 0 Å². The first-order valence-corrected chi connectivity index (χ1v) is 6.43. The molecule has 1 unspecified atom stereocenters. The van der Waals surface area contributed by atoms with E-state index in [4.69, 9.17) is 5.11 Å². The summed E-state index contributed by atoms with van der Waals surface area (Å²) < 4.78 is 38.9. The number of rotatable bonds is 4. The van der Waals surface area contributed by atoms with Crippen LogP contribution in [0.3, 0.4) is 0 Å². The van der Waals surface area contributed by atoms with E-state index in [0.29, 0.717) is 0 Å². The highest BCUT2D eigenvalue weighted by atomic mass is 19.4. The average molecular weight is 310 g/mol. The van der Waals surface area contributed by atoms with Gasteiger partial charge in [0, 0.05) is 5.56 Å². The summed E-state index contributed by atoms with van der Waals surface area (Å²) in [6.45, 7) is -0.654. The first-order chi connectivity index (χ1) is 10.3. The predicted octanol–water partition coefficient (Wildman–Crippen LogP) is 2.96. The third-order valence-corrected chi connectivity index (χ3v) is 3.25. The number of Topliss-reactive ketones (excluding diaryl/α,β-unsaturated/α-hetero) is 1. The first-order valence-electron chi connectivity index (χ1n) is 6.43. The fraction of sp³-hybridized carbons (Fsp3) is 0.188. The minimum absolute atomic E-state index is 0.225. The number of carbonyl (C=O) groups excluding carboxylic acids is 1. The van der Waals surface area contributed by atoms with Crippen LogP contribution in [0.1, 0.15) is 33.2 Å². The van der Waals surface area contributed by atoms with Crippen LogP contribution in [0.5, 0.6) is 0 Å². The van der Waals surface area contributed by atoms with Gasteiger partial charge in [-0.25, -0.2) is 0 Å². The molecule has 0 aromatic heterocycles. The number of alkyl halides is 3. The summed E-state index contributed by atoms with van der Waals surface area (Å²) in [6, 6.07) is 10.2. The Labute approximate surface area is 124 Å². The number of ketones is 1. The zero-order valence-electron chi connectivity index (χ0n) is 11.3. The van der Waals surface area contributed by atoms with E-state index in [1.807, 2.05) is 0 Å². The molecule has 0 spiro atoms. The zero-order valence-corrected chi connectivity index (χ0v) is 11.3. The Hall–Kier alpha value is -2.18. The van der Waals surface area contributed by atoms with E-state index in [-0.39, 0.29) is 16.7 Å². The lowest BCUT2D eigenvalue weighted by Gasteiger charge is -2.18. The highest BCUT2D eigenvalue weighted by Gasteiger charge is 2.34. The third-order valence-electron chi connectivity index (χ3n) is 3.25. The predicted molar refractivity (Wildman–Crippen MR) is 73.4 cm³/mol. The van der Waals surface area contributed by atoms with E-state index in [2.05, 4.69) is 0 Å². The molecule has 0 bridgehead atoms. The van der Waals surface area contributed by atoms with Crippen LogP contribution in [-0.4, -0.2) is 22.6 Å². The van der Waals surface area contributed by atoms with E-state index >= 15 is 0 Å². The number of aliphatic hydroxyl groups is 2. The second-order valence-corrected chi connectivity index (χ2v) is 4.69. The molecule has 0 saturated carbocycles. The molecule has 22 heavy (non-hydrogen) atoms. The summed E-state index contributed by atoms with van der Waals surface area (Å²) >= 11 is 0. The molecular formula is C16H13F3O3. The molecule has 2 aromatic rings. The molecule has 2 rings (SSSR count). The lowest BCUT2D eigenvalue weighted by molar-refractivity contribution is -0.139. The molecule has 0 aliphatic heterocycles. The monoisotopic (exact) mass is 310 g/mol. The molecule has 0 fully saturated rings. The lowest BCUT2D eigenvalue weighted by Crippen LogP contribution is -2.12. The minimum atomic E-state index is -4.57. The summed E-state index contributed by atoms with van der Waals surface area (Å²) in [6.07, 6.45) is -6.03. The molecule has 1 atom stereocenters. The summed E-state index contributed by atoms with van der Waals surface area (Å²) in [5.41, 5.74) is -0.706. The number of aliphatic hydroxyl groups excluding tert-OH is 2. The summed E-state index contributed by atoms with van der Waals surface area (Å²) in [4.78, 5) is 11.3. The largest absolute Gasteiger partial charge is 0.416 e.